The largest absolute Gasteiger partial charge is 0.469 e. The van der Waals surface area contributed by atoms with E-state index < -0.39 is 0 Å². The van der Waals surface area contributed by atoms with E-state index in [9.17, 15) is 4.79 Å². The van der Waals surface area contributed by atoms with Gasteiger partial charge in [0, 0.05) is 24.4 Å². The van der Waals surface area contributed by atoms with E-state index >= 15 is 0 Å². The fourth-order valence-electron chi connectivity index (χ4n) is 2.66. The molecule has 1 saturated carbocycles. The van der Waals surface area contributed by atoms with Gasteiger partial charge in [-0.2, -0.15) is 0 Å². The van der Waals surface area contributed by atoms with Crippen molar-refractivity contribution in [1.82, 2.24) is 10.2 Å². The summed E-state index contributed by atoms with van der Waals surface area (Å²) in [5.41, 5.74) is 0. The lowest BCUT2D eigenvalue weighted by atomic mass is 10.2. The highest BCUT2D eigenvalue weighted by atomic mass is 16.3. The lowest BCUT2D eigenvalue weighted by Gasteiger charge is -2.26. The summed E-state index contributed by atoms with van der Waals surface area (Å²) in [6, 6.07) is 4.22. The number of furan rings is 1. The van der Waals surface area contributed by atoms with Crippen molar-refractivity contribution in [2.75, 3.05) is 19.6 Å². The van der Waals surface area contributed by atoms with Gasteiger partial charge in [-0.1, -0.05) is 13.8 Å². The predicted molar refractivity (Wildman–Crippen MR) is 74.9 cm³/mol. The van der Waals surface area contributed by atoms with Crippen molar-refractivity contribution in [3.8, 4) is 0 Å². The van der Waals surface area contributed by atoms with Crippen LogP contribution < -0.4 is 5.32 Å². The molecule has 1 aliphatic rings. The quantitative estimate of drug-likeness (QED) is 0.821. The minimum absolute atomic E-state index is 0.107. The second kappa shape index (κ2) is 6.24. The van der Waals surface area contributed by atoms with Crippen LogP contribution in [0.3, 0.4) is 0 Å². The summed E-state index contributed by atoms with van der Waals surface area (Å²) in [7, 11) is 0. The number of amides is 1. The van der Waals surface area contributed by atoms with Gasteiger partial charge in [0.1, 0.15) is 5.76 Å². The lowest BCUT2D eigenvalue weighted by molar-refractivity contribution is -0.122. The van der Waals surface area contributed by atoms with Gasteiger partial charge >= 0.3 is 0 Å². The van der Waals surface area contributed by atoms with Gasteiger partial charge in [-0.15, -0.1) is 0 Å². The van der Waals surface area contributed by atoms with Crippen LogP contribution in [0.15, 0.2) is 22.8 Å². The van der Waals surface area contributed by atoms with Crippen LogP contribution >= 0.6 is 0 Å². The van der Waals surface area contributed by atoms with Crippen LogP contribution in [0.5, 0.6) is 0 Å². The number of carbonyl (C=O) groups is 1. The highest BCUT2D eigenvalue weighted by Crippen LogP contribution is 2.47. The summed E-state index contributed by atoms with van der Waals surface area (Å²) in [4.78, 5) is 14.4. The summed E-state index contributed by atoms with van der Waals surface area (Å²) in [6.07, 6.45) is 2.59. The number of carbonyl (C=O) groups excluding carboxylic acids is 1. The van der Waals surface area contributed by atoms with E-state index in [1.54, 1.807) is 6.26 Å². The Kier molecular flexibility index (Phi) is 4.64. The maximum atomic E-state index is 12.0. The fourth-order valence-corrected chi connectivity index (χ4v) is 2.66. The van der Waals surface area contributed by atoms with E-state index in [2.05, 4.69) is 31.0 Å². The summed E-state index contributed by atoms with van der Waals surface area (Å²) < 4.78 is 5.35. The van der Waals surface area contributed by atoms with Crippen LogP contribution in [-0.4, -0.2) is 36.5 Å². The predicted octanol–water partition coefficient (Wildman–Crippen LogP) is 2.23. The summed E-state index contributed by atoms with van der Waals surface area (Å²) in [5, 5.41) is 3.06. The molecule has 1 N–H and O–H groups in total. The number of hydrogen-bond donors (Lipinski definition) is 1. The van der Waals surface area contributed by atoms with Gasteiger partial charge in [0.25, 0.3) is 0 Å². The molecule has 0 bridgehead atoms. The van der Waals surface area contributed by atoms with Crippen molar-refractivity contribution >= 4 is 5.91 Å². The van der Waals surface area contributed by atoms with E-state index in [1.807, 2.05) is 12.1 Å². The van der Waals surface area contributed by atoms with Crippen molar-refractivity contribution in [1.29, 1.82) is 0 Å². The molecular weight excluding hydrogens is 240 g/mol. The first-order chi connectivity index (χ1) is 9.17. The van der Waals surface area contributed by atoms with E-state index in [4.69, 9.17) is 4.42 Å². The third kappa shape index (κ3) is 3.38. The topological polar surface area (TPSA) is 45.5 Å². The molecule has 1 aromatic heterocycles. The third-order valence-electron chi connectivity index (χ3n) is 4.04. The molecule has 1 amide bonds. The highest BCUT2D eigenvalue weighted by Gasteiger charge is 2.45. The van der Waals surface area contributed by atoms with Crippen molar-refractivity contribution in [3.63, 3.8) is 0 Å². The summed E-state index contributed by atoms with van der Waals surface area (Å²) >= 11 is 0. The molecule has 2 rings (SSSR count). The van der Waals surface area contributed by atoms with E-state index in [0.717, 1.165) is 31.8 Å². The van der Waals surface area contributed by atoms with Gasteiger partial charge in [0.2, 0.25) is 5.91 Å². The van der Waals surface area contributed by atoms with Gasteiger partial charge in [-0.3, -0.25) is 9.69 Å². The van der Waals surface area contributed by atoms with Gasteiger partial charge in [-0.25, -0.2) is 0 Å². The number of rotatable bonds is 7. The molecule has 0 aliphatic heterocycles. The first-order valence-corrected chi connectivity index (χ1v) is 7.22. The van der Waals surface area contributed by atoms with Gasteiger partial charge < -0.3 is 9.73 Å². The van der Waals surface area contributed by atoms with E-state index in [1.165, 1.54) is 0 Å². The molecule has 0 radical (unpaired) electrons. The van der Waals surface area contributed by atoms with Crippen molar-refractivity contribution in [2.24, 2.45) is 5.92 Å². The van der Waals surface area contributed by atoms with Gasteiger partial charge in [-0.05, 0) is 38.6 Å². The molecule has 1 aromatic rings. The molecular formula is C15H24N2O2. The first-order valence-electron chi connectivity index (χ1n) is 7.22. The fraction of sp³-hybridized carbons (Fsp3) is 0.667. The molecule has 1 heterocycles. The summed E-state index contributed by atoms with van der Waals surface area (Å²) in [5.74, 6) is 1.51. The van der Waals surface area contributed by atoms with Crippen LogP contribution in [-0.2, 0) is 4.79 Å². The van der Waals surface area contributed by atoms with Crippen LogP contribution in [0.4, 0.5) is 0 Å². The highest BCUT2D eigenvalue weighted by molar-refractivity contribution is 5.82. The van der Waals surface area contributed by atoms with Crippen LogP contribution in [0, 0.1) is 5.92 Å². The SMILES string of the molecule is CCN(CC)C(C)CNC(=O)C1CC1c1ccco1. The Labute approximate surface area is 115 Å². The maximum Gasteiger partial charge on any atom is 0.223 e. The van der Waals surface area contributed by atoms with Crippen molar-refractivity contribution < 1.29 is 9.21 Å². The maximum absolute atomic E-state index is 12.0. The molecule has 0 saturated heterocycles. The molecule has 0 spiro atoms. The minimum Gasteiger partial charge on any atom is -0.469 e. The second-order valence-corrected chi connectivity index (χ2v) is 5.28. The number of likely N-dealkylation sites (N-methyl/N-ethyl adjacent to an activating group) is 1. The Hall–Kier alpha value is -1.29. The molecule has 4 nitrogen and oxygen atoms in total. The zero-order valence-corrected chi connectivity index (χ0v) is 12.1. The van der Waals surface area contributed by atoms with Crippen LogP contribution in [0.2, 0.25) is 0 Å². The molecule has 4 heteroatoms. The monoisotopic (exact) mass is 264 g/mol. The molecule has 1 aliphatic carbocycles. The normalized spacial score (nSPS) is 23.4. The Bertz CT molecular complexity index is 398. The molecule has 0 aromatic carbocycles. The molecule has 1 fully saturated rings. The Morgan fingerprint density at radius 2 is 2.26 bits per heavy atom. The van der Waals surface area contributed by atoms with Crippen molar-refractivity contribution in [2.45, 2.75) is 39.2 Å². The molecule has 3 unspecified atom stereocenters. The average molecular weight is 264 g/mol. The second-order valence-electron chi connectivity index (χ2n) is 5.28. The lowest BCUT2D eigenvalue weighted by Crippen LogP contribution is -2.42. The van der Waals surface area contributed by atoms with E-state index in [-0.39, 0.29) is 11.8 Å². The third-order valence-corrected chi connectivity index (χ3v) is 4.04. The standard InChI is InChI=1S/C15H24N2O2/c1-4-17(5-2)11(3)10-16-15(18)13-9-12(13)14-7-6-8-19-14/h6-8,11-13H,4-5,9-10H2,1-3H3,(H,16,18). The van der Waals surface area contributed by atoms with Gasteiger partial charge in [0.05, 0.1) is 6.26 Å². The first kappa shape index (κ1) is 14.1. The Morgan fingerprint density at radius 1 is 1.53 bits per heavy atom. The number of nitrogens with one attached hydrogen (secondary N) is 1. The Morgan fingerprint density at radius 3 is 2.84 bits per heavy atom. The molecule has 3 atom stereocenters. The number of hydrogen-bond acceptors (Lipinski definition) is 3. The smallest absolute Gasteiger partial charge is 0.223 e. The molecule has 106 valence electrons. The average Bonchev–Trinajstić information content (AvgIpc) is 3.03. The number of nitrogens with zero attached hydrogens (tertiary/aromatic N) is 1. The summed E-state index contributed by atoms with van der Waals surface area (Å²) in [6.45, 7) is 9.22. The van der Waals surface area contributed by atoms with Crippen LogP contribution in [0.25, 0.3) is 0 Å². The van der Waals surface area contributed by atoms with Crippen LogP contribution in [0.1, 0.15) is 38.9 Å². The minimum atomic E-state index is 0.107. The van der Waals surface area contributed by atoms with Gasteiger partial charge in [0.15, 0.2) is 0 Å². The molecule has 19 heavy (non-hydrogen) atoms. The zero-order valence-electron chi connectivity index (χ0n) is 12.1. The van der Waals surface area contributed by atoms with E-state index in [0.29, 0.717) is 12.0 Å². The Balaban J connectivity index is 1.74. The zero-order chi connectivity index (χ0) is 13.8. The van der Waals surface area contributed by atoms with Crippen molar-refractivity contribution in [3.05, 3.63) is 24.2 Å².